The Balaban J connectivity index is 1.76. The van der Waals surface area contributed by atoms with Gasteiger partial charge in [0.25, 0.3) is 0 Å². The largest absolute Gasteiger partial charge is 0.482 e. The fourth-order valence-corrected chi connectivity index (χ4v) is 4.42. The number of ether oxygens (including phenoxy) is 1. The molecule has 0 aliphatic heterocycles. The van der Waals surface area contributed by atoms with Crippen LogP contribution in [0.15, 0.2) is 53.7 Å². The van der Waals surface area contributed by atoms with Crippen molar-refractivity contribution in [1.82, 2.24) is 14.8 Å². The van der Waals surface area contributed by atoms with Crippen LogP contribution in [0.25, 0.3) is 0 Å². The van der Waals surface area contributed by atoms with Gasteiger partial charge in [-0.1, -0.05) is 43.8 Å². The highest BCUT2D eigenvalue weighted by molar-refractivity contribution is 8.00. The number of hydrogen-bond acceptors (Lipinski definition) is 5. The van der Waals surface area contributed by atoms with E-state index in [2.05, 4.69) is 49.3 Å². The Morgan fingerprint density at radius 3 is 2.30 bits per heavy atom. The number of hydrogen-bond donors (Lipinski definition) is 1. The summed E-state index contributed by atoms with van der Waals surface area (Å²) >= 11 is 1.33. The number of nitrogens with one attached hydrogen (secondary N) is 1. The van der Waals surface area contributed by atoms with Crippen molar-refractivity contribution >= 4 is 23.4 Å². The second-order valence-corrected chi connectivity index (χ2v) is 9.82. The molecule has 0 aliphatic carbocycles. The topological polar surface area (TPSA) is 69.0 Å². The molecule has 0 radical (unpaired) electrons. The minimum absolute atomic E-state index is 0.0799. The number of para-hydroxylation sites is 1. The van der Waals surface area contributed by atoms with Crippen molar-refractivity contribution in [3.05, 3.63) is 65.7 Å². The zero-order valence-corrected chi connectivity index (χ0v) is 20.7. The lowest BCUT2D eigenvalue weighted by molar-refractivity contribution is -0.115. The van der Waals surface area contributed by atoms with Crippen LogP contribution in [0.3, 0.4) is 0 Å². The monoisotopic (exact) mass is 470 g/mol. The molecule has 0 saturated carbocycles. The van der Waals surface area contributed by atoms with E-state index < -0.39 is 5.25 Å². The lowest BCUT2D eigenvalue weighted by atomic mass is 10.0. The van der Waals surface area contributed by atoms with Gasteiger partial charge in [0.1, 0.15) is 11.6 Å². The van der Waals surface area contributed by atoms with E-state index in [-0.39, 0.29) is 23.9 Å². The smallest absolute Gasteiger partial charge is 0.237 e. The first-order valence-electron chi connectivity index (χ1n) is 11.1. The Morgan fingerprint density at radius 1 is 1.00 bits per heavy atom. The van der Waals surface area contributed by atoms with E-state index in [1.54, 1.807) is 6.92 Å². The van der Waals surface area contributed by atoms with E-state index in [4.69, 9.17) is 4.74 Å². The van der Waals surface area contributed by atoms with Gasteiger partial charge in [-0.15, -0.1) is 10.2 Å². The average molecular weight is 471 g/mol. The van der Waals surface area contributed by atoms with Crippen LogP contribution in [-0.4, -0.2) is 25.9 Å². The third-order valence-electron chi connectivity index (χ3n) is 5.18. The molecule has 3 rings (SSSR count). The third-order valence-corrected chi connectivity index (χ3v) is 6.24. The first-order valence-corrected chi connectivity index (χ1v) is 12.0. The highest BCUT2D eigenvalue weighted by Crippen LogP contribution is 2.32. The standard InChI is InChI=1S/C25H31FN4O2S/c1-15(2)21-9-7-8-10-22(21)32-17(5)23-28-29-25(30(23)16(3)4)33-18(6)24(31)27-20-13-11-19(26)12-14-20/h7-18H,1-6H3,(H,27,31). The molecule has 0 saturated heterocycles. The summed E-state index contributed by atoms with van der Waals surface area (Å²) in [6.45, 7) is 12.1. The summed E-state index contributed by atoms with van der Waals surface area (Å²) < 4.78 is 21.4. The van der Waals surface area contributed by atoms with E-state index in [1.165, 1.54) is 36.0 Å². The van der Waals surface area contributed by atoms with Gasteiger partial charge >= 0.3 is 0 Å². The number of carbonyl (C=O) groups is 1. The lowest BCUT2D eigenvalue weighted by Crippen LogP contribution is -2.23. The first-order chi connectivity index (χ1) is 15.7. The summed E-state index contributed by atoms with van der Waals surface area (Å²) in [6, 6.07) is 13.8. The Kier molecular flexibility index (Phi) is 8.13. The van der Waals surface area contributed by atoms with Gasteiger partial charge in [0.05, 0.1) is 5.25 Å². The van der Waals surface area contributed by atoms with Crippen LogP contribution in [0.4, 0.5) is 10.1 Å². The van der Waals surface area contributed by atoms with Gasteiger partial charge in [0, 0.05) is 11.7 Å². The van der Waals surface area contributed by atoms with Crippen molar-refractivity contribution in [3.63, 3.8) is 0 Å². The number of carbonyl (C=O) groups excluding carboxylic acids is 1. The second-order valence-electron chi connectivity index (χ2n) is 8.51. The second kappa shape index (κ2) is 10.8. The first kappa shape index (κ1) is 24.8. The van der Waals surface area contributed by atoms with Crippen molar-refractivity contribution in [1.29, 1.82) is 0 Å². The summed E-state index contributed by atoms with van der Waals surface area (Å²) in [5.74, 6) is 1.33. The molecule has 1 aromatic heterocycles. The quantitative estimate of drug-likeness (QED) is 0.368. The van der Waals surface area contributed by atoms with Crippen LogP contribution >= 0.6 is 11.8 Å². The average Bonchev–Trinajstić information content (AvgIpc) is 3.19. The van der Waals surface area contributed by atoms with Crippen LogP contribution in [0.1, 0.15) is 71.0 Å². The number of rotatable bonds is 9. The predicted molar refractivity (Wildman–Crippen MR) is 130 cm³/mol. The minimum Gasteiger partial charge on any atom is -0.482 e. The zero-order chi connectivity index (χ0) is 24.1. The fourth-order valence-electron chi connectivity index (χ4n) is 3.43. The molecule has 1 heterocycles. The minimum atomic E-state index is -0.428. The maximum Gasteiger partial charge on any atom is 0.237 e. The van der Waals surface area contributed by atoms with Gasteiger partial charge < -0.3 is 14.6 Å². The Morgan fingerprint density at radius 2 is 1.67 bits per heavy atom. The summed E-state index contributed by atoms with van der Waals surface area (Å²) in [7, 11) is 0. The molecular weight excluding hydrogens is 439 g/mol. The molecule has 2 unspecified atom stereocenters. The SMILES string of the molecule is CC(Sc1nnc(C(C)Oc2ccccc2C(C)C)n1C(C)C)C(=O)Nc1ccc(F)cc1. The number of benzene rings is 2. The Labute approximate surface area is 199 Å². The van der Waals surface area contributed by atoms with Crippen LogP contribution in [0.2, 0.25) is 0 Å². The highest BCUT2D eigenvalue weighted by atomic mass is 32.2. The molecule has 0 aliphatic rings. The van der Waals surface area contributed by atoms with Crippen molar-refractivity contribution in [2.24, 2.45) is 0 Å². The van der Waals surface area contributed by atoms with E-state index >= 15 is 0 Å². The molecule has 1 N–H and O–H groups in total. The summed E-state index contributed by atoms with van der Waals surface area (Å²) in [4.78, 5) is 12.7. The molecule has 33 heavy (non-hydrogen) atoms. The van der Waals surface area contributed by atoms with E-state index in [0.29, 0.717) is 22.6 Å². The van der Waals surface area contributed by atoms with E-state index in [0.717, 1.165) is 11.3 Å². The molecule has 0 fully saturated rings. The Bertz CT molecular complexity index is 1080. The van der Waals surface area contributed by atoms with Gasteiger partial charge in [-0.05, 0) is 69.5 Å². The van der Waals surface area contributed by atoms with Crippen LogP contribution < -0.4 is 10.1 Å². The van der Waals surface area contributed by atoms with Gasteiger partial charge in [-0.3, -0.25) is 4.79 Å². The van der Waals surface area contributed by atoms with Gasteiger partial charge in [0.2, 0.25) is 5.91 Å². The molecule has 3 aromatic rings. The number of aromatic nitrogens is 3. The van der Waals surface area contributed by atoms with Gasteiger partial charge in [-0.25, -0.2) is 4.39 Å². The molecule has 6 nitrogen and oxygen atoms in total. The van der Waals surface area contributed by atoms with Gasteiger partial charge in [-0.2, -0.15) is 0 Å². The molecule has 2 aromatic carbocycles. The maximum absolute atomic E-state index is 13.1. The van der Waals surface area contributed by atoms with E-state index in [9.17, 15) is 9.18 Å². The molecule has 176 valence electrons. The van der Waals surface area contributed by atoms with E-state index in [1.807, 2.05) is 29.7 Å². The molecular formula is C25H31FN4O2S. The van der Waals surface area contributed by atoms with Crippen LogP contribution in [0.5, 0.6) is 5.75 Å². The molecule has 2 atom stereocenters. The normalized spacial score (nSPS) is 13.2. The Hall–Kier alpha value is -2.87. The third kappa shape index (κ3) is 6.13. The summed E-state index contributed by atoms with van der Waals surface area (Å²) in [5.41, 5.74) is 1.69. The zero-order valence-electron chi connectivity index (χ0n) is 19.9. The van der Waals surface area contributed by atoms with Crippen molar-refractivity contribution in [2.75, 3.05) is 5.32 Å². The molecule has 0 spiro atoms. The number of thioether (sulfide) groups is 1. The summed E-state index contributed by atoms with van der Waals surface area (Å²) in [6.07, 6.45) is -0.322. The van der Waals surface area contributed by atoms with Crippen molar-refractivity contribution in [3.8, 4) is 5.75 Å². The highest BCUT2D eigenvalue weighted by Gasteiger charge is 2.25. The van der Waals surface area contributed by atoms with Crippen LogP contribution in [-0.2, 0) is 4.79 Å². The number of halogens is 1. The fraction of sp³-hybridized carbons (Fsp3) is 0.400. The van der Waals surface area contributed by atoms with Crippen molar-refractivity contribution in [2.45, 2.75) is 70.0 Å². The lowest BCUT2D eigenvalue weighted by Gasteiger charge is -2.21. The predicted octanol–water partition coefficient (Wildman–Crippen LogP) is 6.38. The maximum atomic E-state index is 13.1. The number of nitrogens with zero attached hydrogens (tertiary/aromatic N) is 3. The van der Waals surface area contributed by atoms with Crippen molar-refractivity contribution < 1.29 is 13.9 Å². The summed E-state index contributed by atoms with van der Waals surface area (Å²) in [5, 5.41) is 11.8. The molecule has 0 bridgehead atoms. The van der Waals surface area contributed by atoms with Crippen LogP contribution in [0, 0.1) is 5.82 Å². The molecule has 8 heteroatoms. The molecule has 1 amide bonds. The number of anilines is 1. The number of amides is 1. The van der Waals surface area contributed by atoms with Gasteiger partial charge in [0.15, 0.2) is 17.1 Å².